The van der Waals surface area contributed by atoms with E-state index in [0.717, 1.165) is 5.56 Å². The number of halogens is 1. The predicted molar refractivity (Wildman–Crippen MR) is 65.7 cm³/mol. The summed E-state index contributed by atoms with van der Waals surface area (Å²) in [5, 5.41) is 0.606. The lowest BCUT2D eigenvalue weighted by Crippen LogP contribution is -2.36. The van der Waals surface area contributed by atoms with Crippen LogP contribution < -0.4 is 4.72 Å². The van der Waals surface area contributed by atoms with Crippen molar-refractivity contribution in [1.29, 1.82) is 0 Å². The van der Waals surface area contributed by atoms with Gasteiger partial charge in [0, 0.05) is 11.4 Å². The van der Waals surface area contributed by atoms with Gasteiger partial charge in [-0.3, -0.25) is 0 Å². The second kappa shape index (κ2) is 5.63. The Morgan fingerprint density at radius 1 is 1.33 bits per heavy atom. The summed E-state index contributed by atoms with van der Waals surface area (Å²) < 4.78 is 24.7. The maximum absolute atomic E-state index is 11.1. The van der Waals surface area contributed by atoms with E-state index in [1.165, 1.54) is 6.26 Å². The Balaban J connectivity index is 2.63. The molecule has 0 aliphatic heterocycles. The van der Waals surface area contributed by atoms with Crippen LogP contribution in [0.5, 0.6) is 0 Å². The molecule has 0 fully saturated rings. The smallest absolute Gasteiger partial charge is 0.208 e. The molecule has 0 radical (unpaired) electrons. The fourth-order valence-corrected chi connectivity index (χ4v) is 2.71. The zero-order chi connectivity index (χ0) is 11.3. The summed E-state index contributed by atoms with van der Waals surface area (Å²) >= 11 is 3.30. The van der Waals surface area contributed by atoms with E-state index in [4.69, 9.17) is 0 Å². The van der Waals surface area contributed by atoms with Crippen LogP contribution in [0, 0.1) is 0 Å². The lowest BCUT2D eigenvalue weighted by atomic mass is 10.1. The highest BCUT2D eigenvalue weighted by molar-refractivity contribution is 9.09. The van der Waals surface area contributed by atoms with Crippen molar-refractivity contribution < 1.29 is 8.42 Å². The van der Waals surface area contributed by atoms with E-state index in [1.54, 1.807) is 0 Å². The summed E-state index contributed by atoms with van der Waals surface area (Å²) in [6.45, 7) is 0. The number of rotatable bonds is 5. The summed E-state index contributed by atoms with van der Waals surface area (Å²) in [6.07, 6.45) is 1.87. The lowest BCUT2D eigenvalue weighted by Gasteiger charge is -2.14. The molecule has 1 aromatic carbocycles. The number of sulfonamides is 1. The van der Waals surface area contributed by atoms with Gasteiger partial charge in [0.25, 0.3) is 0 Å². The maximum atomic E-state index is 11.1. The van der Waals surface area contributed by atoms with Crippen molar-refractivity contribution in [2.75, 3.05) is 11.6 Å². The Bertz CT molecular complexity index is 391. The quantitative estimate of drug-likeness (QED) is 0.837. The van der Waals surface area contributed by atoms with E-state index < -0.39 is 10.0 Å². The zero-order valence-electron chi connectivity index (χ0n) is 8.48. The first kappa shape index (κ1) is 12.7. The molecule has 5 heteroatoms. The molecule has 0 bridgehead atoms. The largest absolute Gasteiger partial charge is 0.213 e. The SMILES string of the molecule is CS(=O)(=O)NC(CBr)Cc1ccccc1. The highest BCUT2D eigenvalue weighted by atomic mass is 79.9. The van der Waals surface area contributed by atoms with E-state index in [0.29, 0.717) is 11.8 Å². The average Bonchev–Trinajstić information content (AvgIpc) is 2.16. The van der Waals surface area contributed by atoms with Gasteiger partial charge >= 0.3 is 0 Å². The molecule has 1 aromatic rings. The van der Waals surface area contributed by atoms with Crippen LogP contribution in [-0.2, 0) is 16.4 Å². The van der Waals surface area contributed by atoms with Gasteiger partial charge in [0.1, 0.15) is 0 Å². The zero-order valence-corrected chi connectivity index (χ0v) is 10.9. The van der Waals surface area contributed by atoms with Crippen molar-refractivity contribution in [3.05, 3.63) is 35.9 Å². The standard InChI is InChI=1S/C10H14BrNO2S/c1-15(13,14)12-10(8-11)7-9-5-3-2-4-6-9/h2-6,10,12H,7-8H2,1H3. The Kier molecular flexibility index (Phi) is 4.76. The Morgan fingerprint density at radius 3 is 2.40 bits per heavy atom. The van der Waals surface area contributed by atoms with Crippen LogP contribution in [-0.4, -0.2) is 26.0 Å². The molecule has 0 aromatic heterocycles. The molecular formula is C10H14BrNO2S. The molecule has 1 rings (SSSR count). The molecule has 0 saturated heterocycles. The number of alkyl halides is 1. The van der Waals surface area contributed by atoms with Crippen LogP contribution in [0.15, 0.2) is 30.3 Å². The molecule has 15 heavy (non-hydrogen) atoms. The van der Waals surface area contributed by atoms with Crippen molar-refractivity contribution in [3.8, 4) is 0 Å². The van der Waals surface area contributed by atoms with Gasteiger partial charge < -0.3 is 0 Å². The van der Waals surface area contributed by atoms with Gasteiger partial charge in [-0.15, -0.1) is 0 Å². The Labute approximate surface area is 99.1 Å². The van der Waals surface area contributed by atoms with Crippen molar-refractivity contribution in [3.63, 3.8) is 0 Å². The van der Waals surface area contributed by atoms with Gasteiger partial charge in [-0.1, -0.05) is 46.3 Å². The summed E-state index contributed by atoms with van der Waals surface area (Å²) in [4.78, 5) is 0. The minimum absolute atomic E-state index is 0.0950. The van der Waals surface area contributed by atoms with Crippen LogP contribution >= 0.6 is 15.9 Å². The first-order valence-corrected chi connectivity index (χ1v) is 7.60. The number of hydrogen-bond acceptors (Lipinski definition) is 2. The highest BCUT2D eigenvalue weighted by Crippen LogP contribution is 2.05. The lowest BCUT2D eigenvalue weighted by molar-refractivity contribution is 0.568. The van der Waals surface area contributed by atoms with Gasteiger partial charge in [0.2, 0.25) is 10.0 Å². The number of nitrogens with one attached hydrogen (secondary N) is 1. The summed E-state index contributed by atoms with van der Waals surface area (Å²) in [6, 6.07) is 9.71. The van der Waals surface area contributed by atoms with Crippen LogP contribution in [0.3, 0.4) is 0 Å². The van der Waals surface area contributed by atoms with Crippen LogP contribution in [0.1, 0.15) is 5.56 Å². The van der Waals surface area contributed by atoms with Crippen molar-refractivity contribution >= 4 is 26.0 Å². The molecular weight excluding hydrogens is 278 g/mol. The van der Waals surface area contributed by atoms with E-state index >= 15 is 0 Å². The second-order valence-electron chi connectivity index (χ2n) is 3.43. The van der Waals surface area contributed by atoms with Gasteiger partial charge in [0.15, 0.2) is 0 Å². The molecule has 0 amide bonds. The highest BCUT2D eigenvalue weighted by Gasteiger charge is 2.12. The fourth-order valence-electron chi connectivity index (χ4n) is 1.33. The Hall–Kier alpha value is -0.390. The molecule has 3 nitrogen and oxygen atoms in total. The average molecular weight is 292 g/mol. The van der Waals surface area contributed by atoms with Crippen LogP contribution in [0.2, 0.25) is 0 Å². The Morgan fingerprint density at radius 2 is 1.93 bits per heavy atom. The van der Waals surface area contributed by atoms with Crippen molar-refractivity contribution in [1.82, 2.24) is 4.72 Å². The van der Waals surface area contributed by atoms with Gasteiger partial charge in [-0.25, -0.2) is 13.1 Å². The monoisotopic (exact) mass is 291 g/mol. The summed E-state index contributed by atoms with van der Waals surface area (Å²) in [7, 11) is -3.14. The normalized spacial score (nSPS) is 13.7. The molecule has 0 aliphatic carbocycles. The van der Waals surface area contributed by atoms with Crippen molar-refractivity contribution in [2.45, 2.75) is 12.5 Å². The van der Waals surface area contributed by atoms with E-state index in [1.807, 2.05) is 30.3 Å². The van der Waals surface area contributed by atoms with E-state index in [9.17, 15) is 8.42 Å². The van der Waals surface area contributed by atoms with E-state index in [2.05, 4.69) is 20.7 Å². The summed E-state index contributed by atoms with van der Waals surface area (Å²) in [5.74, 6) is 0. The molecule has 0 heterocycles. The fraction of sp³-hybridized carbons (Fsp3) is 0.400. The maximum Gasteiger partial charge on any atom is 0.208 e. The van der Waals surface area contributed by atoms with E-state index in [-0.39, 0.29) is 6.04 Å². The second-order valence-corrected chi connectivity index (χ2v) is 5.86. The first-order chi connectivity index (χ1) is 7.01. The first-order valence-electron chi connectivity index (χ1n) is 4.58. The third-order valence-electron chi connectivity index (χ3n) is 1.89. The van der Waals surface area contributed by atoms with Crippen LogP contribution in [0.4, 0.5) is 0 Å². The molecule has 1 N–H and O–H groups in total. The number of hydrogen-bond donors (Lipinski definition) is 1. The van der Waals surface area contributed by atoms with Crippen LogP contribution in [0.25, 0.3) is 0 Å². The molecule has 0 saturated carbocycles. The minimum atomic E-state index is -3.14. The molecule has 84 valence electrons. The van der Waals surface area contributed by atoms with Gasteiger partial charge in [-0.05, 0) is 12.0 Å². The molecule has 0 spiro atoms. The van der Waals surface area contributed by atoms with Crippen molar-refractivity contribution in [2.24, 2.45) is 0 Å². The predicted octanol–water partition coefficient (Wildman–Crippen LogP) is 1.54. The third kappa shape index (κ3) is 5.30. The van der Waals surface area contributed by atoms with Gasteiger partial charge in [0.05, 0.1) is 6.26 Å². The van der Waals surface area contributed by atoms with Gasteiger partial charge in [-0.2, -0.15) is 0 Å². The summed E-state index contributed by atoms with van der Waals surface area (Å²) in [5.41, 5.74) is 1.12. The topological polar surface area (TPSA) is 46.2 Å². The molecule has 0 aliphatic rings. The molecule has 1 atom stereocenters. The third-order valence-corrected chi connectivity index (χ3v) is 3.43. The number of benzene rings is 1. The molecule has 1 unspecified atom stereocenters. The minimum Gasteiger partial charge on any atom is -0.213 e.